The summed E-state index contributed by atoms with van der Waals surface area (Å²) in [4.78, 5) is 2.48. The molecule has 1 aliphatic rings. The van der Waals surface area contributed by atoms with Gasteiger partial charge < -0.3 is 5.32 Å². The van der Waals surface area contributed by atoms with Gasteiger partial charge in [-0.05, 0) is 37.4 Å². The molecule has 2 unspecified atom stereocenters. The summed E-state index contributed by atoms with van der Waals surface area (Å²) in [5, 5.41) is 11.7. The van der Waals surface area contributed by atoms with Gasteiger partial charge in [-0.15, -0.1) is 0 Å². The molecule has 1 aromatic heterocycles. The first-order valence-corrected chi connectivity index (χ1v) is 7.02. The van der Waals surface area contributed by atoms with Crippen molar-refractivity contribution in [2.24, 2.45) is 5.92 Å². The van der Waals surface area contributed by atoms with E-state index in [0.29, 0.717) is 12.0 Å². The van der Waals surface area contributed by atoms with Crippen LogP contribution in [0.1, 0.15) is 32.4 Å². The first-order valence-electron chi connectivity index (χ1n) is 7.02. The van der Waals surface area contributed by atoms with Crippen LogP contribution in [0.4, 0.5) is 0 Å². The molecule has 4 nitrogen and oxygen atoms in total. The highest BCUT2D eigenvalue weighted by Crippen LogP contribution is 2.18. The van der Waals surface area contributed by atoms with Crippen LogP contribution in [0, 0.1) is 5.92 Å². The fourth-order valence-corrected chi connectivity index (χ4v) is 2.66. The van der Waals surface area contributed by atoms with Crippen molar-refractivity contribution in [3.05, 3.63) is 24.0 Å². The van der Waals surface area contributed by atoms with Crippen molar-refractivity contribution in [1.29, 1.82) is 0 Å². The Morgan fingerprint density at radius 2 is 2.39 bits per heavy atom. The van der Waals surface area contributed by atoms with Crippen LogP contribution in [-0.4, -0.2) is 40.8 Å². The van der Waals surface area contributed by atoms with Crippen LogP contribution in [0.25, 0.3) is 0 Å². The molecule has 0 aromatic carbocycles. The number of aromatic nitrogens is 2. The molecule has 0 amide bonds. The number of rotatable bonds is 5. The Morgan fingerprint density at radius 3 is 3.06 bits per heavy atom. The third-order valence-corrected chi connectivity index (χ3v) is 3.66. The molecular weight excluding hydrogens is 224 g/mol. The van der Waals surface area contributed by atoms with Crippen molar-refractivity contribution in [3.63, 3.8) is 0 Å². The minimum absolute atomic E-state index is 0.683. The largest absolute Gasteiger partial charge is 0.314 e. The van der Waals surface area contributed by atoms with Gasteiger partial charge in [-0.25, -0.2) is 0 Å². The van der Waals surface area contributed by atoms with Gasteiger partial charge in [0.25, 0.3) is 0 Å². The first-order chi connectivity index (χ1) is 8.79. The minimum atomic E-state index is 0.683. The van der Waals surface area contributed by atoms with E-state index in [-0.39, 0.29) is 0 Å². The second kappa shape index (κ2) is 6.81. The lowest BCUT2D eigenvalue weighted by molar-refractivity contribution is 0.139. The SMILES string of the molecule is CCCNC1CCN(Cc2cccnn2)CC1C. The van der Waals surface area contributed by atoms with Gasteiger partial charge in [-0.1, -0.05) is 13.8 Å². The molecule has 4 heteroatoms. The van der Waals surface area contributed by atoms with Gasteiger partial charge >= 0.3 is 0 Å². The maximum Gasteiger partial charge on any atom is 0.0771 e. The topological polar surface area (TPSA) is 41.0 Å². The zero-order valence-corrected chi connectivity index (χ0v) is 11.5. The Morgan fingerprint density at radius 1 is 1.50 bits per heavy atom. The Hall–Kier alpha value is -1.00. The van der Waals surface area contributed by atoms with E-state index in [9.17, 15) is 0 Å². The fourth-order valence-electron chi connectivity index (χ4n) is 2.66. The van der Waals surface area contributed by atoms with Crippen LogP contribution < -0.4 is 5.32 Å². The molecular formula is C14H24N4. The number of likely N-dealkylation sites (tertiary alicyclic amines) is 1. The Labute approximate surface area is 110 Å². The lowest BCUT2D eigenvalue weighted by atomic mass is 9.93. The van der Waals surface area contributed by atoms with Crippen molar-refractivity contribution in [2.45, 2.75) is 39.3 Å². The second-order valence-corrected chi connectivity index (χ2v) is 5.28. The summed E-state index contributed by atoms with van der Waals surface area (Å²) in [5.41, 5.74) is 1.07. The lowest BCUT2D eigenvalue weighted by Gasteiger charge is -2.37. The molecule has 0 aliphatic carbocycles. The van der Waals surface area contributed by atoms with Crippen LogP contribution in [0.15, 0.2) is 18.3 Å². The van der Waals surface area contributed by atoms with E-state index in [2.05, 4.69) is 40.3 Å². The highest BCUT2D eigenvalue weighted by atomic mass is 15.2. The van der Waals surface area contributed by atoms with Gasteiger partial charge in [0, 0.05) is 31.9 Å². The average Bonchev–Trinajstić information content (AvgIpc) is 2.39. The normalized spacial score (nSPS) is 25.2. The summed E-state index contributed by atoms with van der Waals surface area (Å²) in [6.45, 7) is 8.94. The van der Waals surface area contributed by atoms with E-state index in [1.165, 1.54) is 12.8 Å². The number of hydrogen-bond donors (Lipinski definition) is 1. The molecule has 0 spiro atoms. The fraction of sp³-hybridized carbons (Fsp3) is 0.714. The van der Waals surface area contributed by atoms with Crippen LogP contribution in [0.5, 0.6) is 0 Å². The Balaban J connectivity index is 1.81. The average molecular weight is 248 g/mol. The molecule has 1 fully saturated rings. The smallest absolute Gasteiger partial charge is 0.0771 e. The van der Waals surface area contributed by atoms with Crippen molar-refractivity contribution in [2.75, 3.05) is 19.6 Å². The van der Waals surface area contributed by atoms with Crippen LogP contribution in [-0.2, 0) is 6.54 Å². The summed E-state index contributed by atoms with van der Waals surface area (Å²) < 4.78 is 0. The number of piperidine rings is 1. The highest BCUT2D eigenvalue weighted by Gasteiger charge is 2.25. The molecule has 0 saturated carbocycles. The van der Waals surface area contributed by atoms with Crippen molar-refractivity contribution >= 4 is 0 Å². The number of nitrogens with zero attached hydrogens (tertiary/aromatic N) is 3. The number of hydrogen-bond acceptors (Lipinski definition) is 4. The molecule has 1 aromatic rings. The third kappa shape index (κ3) is 3.75. The zero-order chi connectivity index (χ0) is 12.8. The highest BCUT2D eigenvalue weighted by molar-refractivity contribution is 4.99. The Bertz CT molecular complexity index is 341. The summed E-state index contributed by atoms with van der Waals surface area (Å²) >= 11 is 0. The third-order valence-electron chi connectivity index (χ3n) is 3.66. The van der Waals surface area contributed by atoms with Crippen molar-refractivity contribution in [3.8, 4) is 0 Å². The van der Waals surface area contributed by atoms with Crippen molar-refractivity contribution in [1.82, 2.24) is 20.4 Å². The predicted octanol–water partition coefficient (Wildman–Crippen LogP) is 1.69. The lowest BCUT2D eigenvalue weighted by Crippen LogP contribution is -2.48. The van der Waals surface area contributed by atoms with Gasteiger partial charge in [0.1, 0.15) is 0 Å². The molecule has 0 radical (unpaired) electrons. The van der Waals surface area contributed by atoms with E-state index >= 15 is 0 Å². The molecule has 1 aliphatic heterocycles. The van der Waals surface area contributed by atoms with Gasteiger partial charge in [-0.2, -0.15) is 10.2 Å². The molecule has 2 rings (SSSR count). The molecule has 18 heavy (non-hydrogen) atoms. The van der Waals surface area contributed by atoms with E-state index < -0.39 is 0 Å². The quantitative estimate of drug-likeness (QED) is 0.861. The molecule has 2 atom stereocenters. The minimum Gasteiger partial charge on any atom is -0.314 e. The maximum absolute atomic E-state index is 4.16. The molecule has 1 N–H and O–H groups in total. The van der Waals surface area contributed by atoms with Gasteiger partial charge in [0.2, 0.25) is 0 Å². The monoisotopic (exact) mass is 248 g/mol. The summed E-state index contributed by atoms with van der Waals surface area (Å²) in [5.74, 6) is 0.710. The predicted molar refractivity (Wildman–Crippen MR) is 73.2 cm³/mol. The Kier molecular flexibility index (Phi) is 5.08. The van der Waals surface area contributed by atoms with Crippen LogP contribution >= 0.6 is 0 Å². The summed E-state index contributed by atoms with van der Waals surface area (Å²) in [6.07, 6.45) is 4.18. The first kappa shape index (κ1) is 13.4. The van der Waals surface area contributed by atoms with E-state index in [1.807, 2.05) is 6.07 Å². The van der Waals surface area contributed by atoms with Crippen LogP contribution in [0.2, 0.25) is 0 Å². The van der Waals surface area contributed by atoms with E-state index in [4.69, 9.17) is 0 Å². The van der Waals surface area contributed by atoms with Crippen molar-refractivity contribution < 1.29 is 0 Å². The summed E-state index contributed by atoms with van der Waals surface area (Å²) in [6, 6.07) is 4.70. The van der Waals surface area contributed by atoms with Gasteiger partial charge in [0.15, 0.2) is 0 Å². The molecule has 2 heterocycles. The molecule has 0 bridgehead atoms. The maximum atomic E-state index is 4.16. The summed E-state index contributed by atoms with van der Waals surface area (Å²) in [7, 11) is 0. The molecule has 100 valence electrons. The zero-order valence-electron chi connectivity index (χ0n) is 11.5. The van der Waals surface area contributed by atoms with E-state index in [0.717, 1.165) is 31.9 Å². The van der Waals surface area contributed by atoms with Crippen LogP contribution in [0.3, 0.4) is 0 Å². The second-order valence-electron chi connectivity index (χ2n) is 5.28. The standard InChI is InChI=1S/C14H24N4/c1-3-7-15-14-6-9-18(10-12(14)2)11-13-5-4-8-16-17-13/h4-5,8,12,14-15H,3,6-7,9-11H2,1-2H3. The number of nitrogens with one attached hydrogen (secondary N) is 1. The van der Waals surface area contributed by atoms with E-state index in [1.54, 1.807) is 6.20 Å². The molecule has 1 saturated heterocycles. The van der Waals surface area contributed by atoms with Gasteiger partial charge in [0.05, 0.1) is 5.69 Å². The van der Waals surface area contributed by atoms with Gasteiger partial charge in [-0.3, -0.25) is 4.90 Å².